The van der Waals surface area contributed by atoms with Gasteiger partial charge in [0.2, 0.25) is 5.75 Å². The minimum absolute atomic E-state index is 0.0221. The van der Waals surface area contributed by atoms with Gasteiger partial charge in [-0.25, -0.2) is 0 Å². The molecule has 1 aromatic carbocycles. The lowest BCUT2D eigenvalue weighted by Crippen LogP contribution is -1.92. The van der Waals surface area contributed by atoms with Crippen LogP contribution in [0.15, 0.2) is 18.7 Å². The number of allylic oxidation sites excluding steroid dienone is 1. The van der Waals surface area contributed by atoms with E-state index in [0.717, 1.165) is 11.1 Å². The number of phenols is 1. The van der Waals surface area contributed by atoms with E-state index >= 15 is 0 Å². The van der Waals surface area contributed by atoms with E-state index in [4.69, 9.17) is 21.1 Å². The van der Waals surface area contributed by atoms with E-state index in [0.29, 0.717) is 17.4 Å². The molecule has 0 unspecified atom stereocenters. The van der Waals surface area contributed by atoms with Gasteiger partial charge in [0.1, 0.15) is 0 Å². The van der Waals surface area contributed by atoms with Crippen LogP contribution in [0.25, 0.3) is 5.57 Å². The molecule has 0 heterocycles. The van der Waals surface area contributed by atoms with E-state index in [1.54, 1.807) is 12.1 Å². The Bertz CT molecular complexity index is 349. The summed E-state index contributed by atoms with van der Waals surface area (Å²) in [4.78, 5) is 0. The maximum absolute atomic E-state index is 9.66. The SMILES string of the molecule is C=C(CCl)c1cc(OC)c(O)c(OC)c1. The van der Waals surface area contributed by atoms with Crippen molar-refractivity contribution in [1.29, 1.82) is 0 Å². The van der Waals surface area contributed by atoms with Crippen molar-refractivity contribution in [3.8, 4) is 17.2 Å². The molecule has 3 nitrogen and oxygen atoms in total. The quantitative estimate of drug-likeness (QED) is 0.806. The zero-order valence-electron chi connectivity index (χ0n) is 8.71. The van der Waals surface area contributed by atoms with E-state index in [1.165, 1.54) is 14.2 Å². The number of halogens is 1. The summed E-state index contributed by atoms with van der Waals surface area (Å²) in [6, 6.07) is 3.34. The molecule has 82 valence electrons. The molecule has 0 bridgehead atoms. The van der Waals surface area contributed by atoms with Gasteiger partial charge in [-0.05, 0) is 23.3 Å². The van der Waals surface area contributed by atoms with Crippen LogP contribution in [0.1, 0.15) is 5.56 Å². The Morgan fingerprint density at radius 2 is 1.80 bits per heavy atom. The third kappa shape index (κ3) is 2.36. The van der Waals surface area contributed by atoms with Crippen molar-refractivity contribution in [2.45, 2.75) is 0 Å². The van der Waals surface area contributed by atoms with Gasteiger partial charge in [-0.1, -0.05) is 6.58 Å². The fourth-order valence-corrected chi connectivity index (χ4v) is 1.33. The monoisotopic (exact) mass is 228 g/mol. The van der Waals surface area contributed by atoms with Crippen LogP contribution in [0.3, 0.4) is 0 Å². The third-order valence-corrected chi connectivity index (χ3v) is 2.37. The topological polar surface area (TPSA) is 38.7 Å². The van der Waals surface area contributed by atoms with Gasteiger partial charge in [-0.15, -0.1) is 11.6 Å². The Kier molecular flexibility index (Phi) is 3.86. The number of hydrogen-bond acceptors (Lipinski definition) is 3. The molecule has 4 heteroatoms. The van der Waals surface area contributed by atoms with Crippen molar-refractivity contribution >= 4 is 17.2 Å². The minimum Gasteiger partial charge on any atom is -0.502 e. The Hall–Kier alpha value is -1.35. The lowest BCUT2D eigenvalue weighted by molar-refractivity contribution is 0.339. The Morgan fingerprint density at radius 1 is 1.33 bits per heavy atom. The molecular weight excluding hydrogens is 216 g/mol. The Morgan fingerprint density at radius 3 is 2.13 bits per heavy atom. The molecule has 0 saturated heterocycles. The van der Waals surface area contributed by atoms with Crippen molar-refractivity contribution in [3.63, 3.8) is 0 Å². The molecule has 0 atom stereocenters. The number of benzene rings is 1. The van der Waals surface area contributed by atoms with Crippen LogP contribution >= 0.6 is 11.6 Å². The van der Waals surface area contributed by atoms with Crippen LogP contribution in [0.5, 0.6) is 17.2 Å². The number of aromatic hydroxyl groups is 1. The summed E-state index contributed by atoms with van der Waals surface area (Å²) in [6.45, 7) is 3.80. The van der Waals surface area contributed by atoms with Gasteiger partial charge in [0.05, 0.1) is 14.2 Å². The second-order valence-corrected chi connectivity index (χ2v) is 3.23. The van der Waals surface area contributed by atoms with Crippen molar-refractivity contribution in [2.75, 3.05) is 20.1 Å². The number of ether oxygens (including phenoxy) is 2. The first kappa shape index (κ1) is 11.7. The third-order valence-electron chi connectivity index (χ3n) is 2.05. The van der Waals surface area contributed by atoms with Crippen LogP contribution in [-0.4, -0.2) is 25.2 Å². The zero-order valence-corrected chi connectivity index (χ0v) is 9.47. The van der Waals surface area contributed by atoms with Gasteiger partial charge in [0, 0.05) is 5.88 Å². The molecule has 0 fully saturated rings. The summed E-state index contributed by atoms with van der Waals surface area (Å²) >= 11 is 5.67. The van der Waals surface area contributed by atoms with Crippen molar-refractivity contribution in [2.24, 2.45) is 0 Å². The van der Waals surface area contributed by atoms with Gasteiger partial charge < -0.3 is 14.6 Å². The molecule has 0 radical (unpaired) electrons. The largest absolute Gasteiger partial charge is 0.502 e. The van der Waals surface area contributed by atoms with Gasteiger partial charge in [0.15, 0.2) is 11.5 Å². The number of hydrogen-bond donors (Lipinski definition) is 1. The number of alkyl halides is 1. The minimum atomic E-state index is -0.0221. The standard InChI is InChI=1S/C11H13ClO3/c1-7(6-12)8-4-9(14-2)11(13)10(5-8)15-3/h4-5,13H,1,6H2,2-3H3. The smallest absolute Gasteiger partial charge is 0.200 e. The predicted octanol–water partition coefficient (Wildman–Crippen LogP) is 2.66. The summed E-state index contributed by atoms with van der Waals surface area (Å²) in [6.07, 6.45) is 0. The van der Waals surface area contributed by atoms with Crippen LogP contribution in [0.2, 0.25) is 0 Å². The highest BCUT2D eigenvalue weighted by molar-refractivity contribution is 6.23. The van der Waals surface area contributed by atoms with Crippen LogP contribution in [0, 0.1) is 0 Å². The molecule has 0 aromatic heterocycles. The normalized spacial score (nSPS) is 9.80. The fraction of sp³-hybridized carbons (Fsp3) is 0.273. The first-order chi connectivity index (χ1) is 7.13. The summed E-state index contributed by atoms with van der Waals surface area (Å²) in [7, 11) is 2.95. The van der Waals surface area contributed by atoms with Crippen LogP contribution < -0.4 is 9.47 Å². The average molecular weight is 229 g/mol. The zero-order chi connectivity index (χ0) is 11.4. The van der Waals surface area contributed by atoms with Gasteiger partial charge >= 0.3 is 0 Å². The van der Waals surface area contributed by atoms with E-state index in [1.807, 2.05) is 0 Å². The van der Waals surface area contributed by atoms with E-state index in [-0.39, 0.29) is 5.75 Å². The van der Waals surface area contributed by atoms with Crippen LogP contribution in [0.4, 0.5) is 0 Å². The van der Waals surface area contributed by atoms with E-state index < -0.39 is 0 Å². The van der Waals surface area contributed by atoms with Crippen molar-refractivity contribution in [1.82, 2.24) is 0 Å². The second kappa shape index (κ2) is 4.94. The predicted molar refractivity (Wildman–Crippen MR) is 61.0 cm³/mol. The molecule has 0 aliphatic carbocycles. The summed E-state index contributed by atoms with van der Waals surface area (Å²) in [5.74, 6) is 0.981. The highest BCUT2D eigenvalue weighted by Crippen LogP contribution is 2.38. The van der Waals surface area contributed by atoms with E-state index in [9.17, 15) is 5.11 Å². The Labute approximate surface area is 93.9 Å². The lowest BCUT2D eigenvalue weighted by atomic mass is 10.1. The first-order valence-corrected chi connectivity index (χ1v) is 4.86. The molecule has 1 aromatic rings. The maximum Gasteiger partial charge on any atom is 0.200 e. The van der Waals surface area contributed by atoms with Gasteiger partial charge in [-0.3, -0.25) is 0 Å². The van der Waals surface area contributed by atoms with Crippen molar-refractivity contribution in [3.05, 3.63) is 24.3 Å². The summed E-state index contributed by atoms with van der Waals surface area (Å²) < 4.78 is 10.0. The molecule has 0 aliphatic rings. The highest BCUT2D eigenvalue weighted by atomic mass is 35.5. The first-order valence-electron chi connectivity index (χ1n) is 4.33. The molecule has 1 N–H and O–H groups in total. The van der Waals surface area contributed by atoms with E-state index in [2.05, 4.69) is 6.58 Å². The number of rotatable bonds is 4. The molecule has 0 aliphatic heterocycles. The summed E-state index contributed by atoms with van der Waals surface area (Å²) in [5.41, 5.74) is 1.53. The highest BCUT2D eigenvalue weighted by Gasteiger charge is 2.12. The average Bonchev–Trinajstić information content (AvgIpc) is 2.28. The lowest BCUT2D eigenvalue weighted by Gasteiger charge is -2.11. The molecule has 15 heavy (non-hydrogen) atoms. The number of methoxy groups -OCH3 is 2. The maximum atomic E-state index is 9.66. The Balaban J connectivity index is 3.26. The fourth-order valence-electron chi connectivity index (χ4n) is 1.17. The molecule has 0 amide bonds. The summed E-state index contributed by atoms with van der Waals surface area (Å²) in [5, 5.41) is 9.66. The van der Waals surface area contributed by atoms with Gasteiger partial charge in [-0.2, -0.15) is 0 Å². The second-order valence-electron chi connectivity index (χ2n) is 2.97. The van der Waals surface area contributed by atoms with Crippen molar-refractivity contribution < 1.29 is 14.6 Å². The molecule has 0 saturated carbocycles. The molecule has 1 rings (SSSR count). The molecule has 0 spiro atoms. The van der Waals surface area contributed by atoms with Gasteiger partial charge in [0.25, 0.3) is 0 Å². The van der Waals surface area contributed by atoms with Crippen LogP contribution in [-0.2, 0) is 0 Å². The molecular formula is C11H13ClO3. The number of phenolic OH excluding ortho intramolecular Hbond substituents is 1.